The number of thiophene rings is 1. The van der Waals surface area contributed by atoms with Gasteiger partial charge in [0.05, 0.1) is 3.79 Å². The van der Waals surface area contributed by atoms with Crippen LogP contribution in [0.2, 0.25) is 0 Å². The Hall–Kier alpha value is -0.640. The van der Waals surface area contributed by atoms with Crippen molar-refractivity contribution in [3.8, 4) is 0 Å². The van der Waals surface area contributed by atoms with Crippen LogP contribution in [-0.4, -0.2) is 6.04 Å². The molecule has 1 heterocycles. The average molecular weight is 336 g/mol. The van der Waals surface area contributed by atoms with Crippen molar-refractivity contribution in [3.63, 3.8) is 0 Å². The summed E-state index contributed by atoms with van der Waals surface area (Å²) in [6.45, 7) is 0. The van der Waals surface area contributed by atoms with E-state index < -0.39 is 0 Å². The Morgan fingerprint density at radius 3 is 2.42 bits per heavy atom. The molecule has 0 spiro atoms. The van der Waals surface area contributed by atoms with Crippen LogP contribution in [0.15, 0.2) is 46.3 Å². The van der Waals surface area contributed by atoms with Crippen molar-refractivity contribution in [2.24, 2.45) is 5.73 Å². The van der Waals surface area contributed by atoms with Gasteiger partial charge >= 0.3 is 0 Å². The molecular formula is C16H18BrNS. The Labute approximate surface area is 127 Å². The van der Waals surface area contributed by atoms with Gasteiger partial charge in [-0.05, 0) is 52.9 Å². The molecule has 100 valence electrons. The van der Waals surface area contributed by atoms with Gasteiger partial charge in [0.25, 0.3) is 0 Å². The Morgan fingerprint density at radius 1 is 1.16 bits per heavy atom. The summed E-state index contributed by atoms with van der Waals surface area (Å²) >= 11 is 5.32. The van der Waals surface area contributed by atoms with Crippen LogP contribution in [0, 0.1) is 0 Å². The monoisotopic (exact) mass is 335 g/mol. The molecule has 1 aromatic heterocycles. The Morgan fingerprint density at radius 2 is 1.89 bits per heavy atom. The maximum absolute atomic E-state index is 6.58. The quantitative estimate of drug-likeness (QED) is 0.874. The zero-order valence-electron chi connectivity index (χ0n) is 10.8. The van der Waals surface area contributed by atoms with Crippen molar-refractivity contribution in [2.45, 2.75) is 37.1 Å². The maximum atomic E-state index is 6.58. The molecule has 3 heteroatoms. The average Bonchev–Trinajstić information content (AvgIpc) is 2.75. The third-order valence-electron chi connectivity index (χ3n) is 4.35. The Kier molecular flexibility index (Phi) is 3.79. The summed E-state index contributed by atoms with van der Waals surface area (Å²) in [5, 5.41) is 0. The minimum absolute atomic E-state index is 0.206. The zero-order chi connectivity index (χ0) is 13.3. The molecule has 1 aromatic carbocycles. The van der Waals surface area contributed by atoms with Gasteiger partial charge in [-0.2, -0.15) is 0 Å². The van der Waals surface area contributed by atoms with Gasteiger partial charge in [-0.3, -0.25) is 0 Å². The molecule has 3 rings (SSSR count). The van der Waals surface area contributed by atoms with Gasteiger partial charge in [-0.15, -0.1) is 11.3 Å². The smallest absolute Gasteiger partial charge is 0.0701 e. The van der Waals surface area contributed by atoms with Crippen molar-refractivity contribution < 1.29 is 0 Å². The molecular weight excluding hydrogens is 318 g/mol. The fraction of sp³-hybridized carbons (Fsp3) is 0.375. The fourth-order valence-electron chi connectivity index (χ4n) is 3.07. The number of benzene rings is 1. The molecule has 1 aliphatic carbocycles. The first-order chi connectivity index (χ1) is 9.21. The van der Waals surface area contributed by atoms with Gasteiger partial charge in [-0.1, -0.05) is 36.8 Å². The van der Waals surface area contributed by atoms with E-state index in [0.29, 0.717) is 0 Å². The molecule has 19 heavy (non-hydrogen) atoms. The molecule has 1 fully saturated rings. The van der Waals surface area contributed by atoms with E-state index in [2.05, 4.69) is 58.4 Å². The fourth-order valence-corrected chi connectivity index (χ4v) is 4.62. The van der Waals surface area contributed by atoms with E-state index in [-0.39, 0.29) is 11.5 Å². The van der Waals surface area contributed by atoms with E-state index in [4.69, 9.17) is 5.73 Å². The molecule has 0 bridgehead atoms. The topological polar surface area (TPSA) is 26.0 Å². The van der Waals surface area contributed by atoms with Crippen LogP contribution in [0.5, 0.6) is 0 Å². The van der Waals surface area contributed by atoms with Crippen LogP contribution in [0.4, 0.5) is 0 Å². The van der Waals surface area contributed by atoms with Crippen LogP contribution >= 0.6 is 27.3 Å². The lowest BCUT2D eigenvalue weighted by Gasteiger charge is -2.47. The number of hydrogen-bond acceptors (Lipinski definition) is 2. The summed E-state index contributed by atoms with van der Waals surface area (Å²) in [6, 6.07) is 15.3. The second-order valence-electron chi connectivity index (χ2n) is 5.39. The van der Waals surface area contributed by atoms with E-state index in [9.17, 15) is 0 Å². The maximum Gasteiger partial charge on any atom is 0.0701 e. The summed E-state index contributed by atoms with van der Waals surface area (Å²) in [5.74, 6) is 0. The van der Waals surface area contributed by atoms with Crippen LogP contribution in [0.1, 0.15) is 29.7 Å². The first kappa shape index (κ1) is 13.3. The molecule has 1 saturated carbocycles. The lowest BCUT2D eigenvalue weighted by Crippen LogP contribution is -2.51. The third kappa shape index (κ3) is 2.51. The van der Waals surface area contributed by atoms with Gasteiger partial charge in [0.2, 0.25) is 0 Å². The molecule has 1 atom stereocenters. The van der Waals surface area contributed by atoms with Gasteiger partial charge < -0.3 is 5.73 Å². The number of rotatable bonds is 4. The standard InChI is InChI=1S/C16H18BrNS/c17-15-8-7-13(19-15)11-14(18)16(9-4-10-16)12-5-2-1-3-6-12/h1-3,5-8,14H,4,9-11,18H2. The normalized spacial score (nSPS) is 18.8. The predicted octanol–water partition coefficient (Wildman–Crippen LogP) is 4.50. The van der Waals surface area contributed by atoms with Crippen LogP contribution in [-0.2, 0) is 11.8 Å². The first-order valence-corrected chi connectivity index (χ1v) is 8.37. The molecule has 2 aromatic rings. The molecule has 1 unspecified atom stereocenters. The molecule has 2 N–H and O–H groups in total. The Bertz CT molecular complexity index is 545. The number of nitrogens with two attached hydrogens (primary N) is 1. The lowest BCUT2D eigenvalue weighted by atomic mass is 9.59. The highest BCUT2D eigenvalue weighted by atomic mass is 79.9. The zero-order valence-corrected chi connectivity index (χ0v) is 13.2. The molecule has 0 radical (unpaired) electrons. The third-order valence-corrected chi connectivity index (χ3v) is 6.00. The van der Waals surface area contributed by atoms with Crippen molar-refractivity contribution in [2.75, 3.05) is 0 Å². The highest BCUT2D eigenvalue weighted by Gasteiger charge is 2.43. The van der Waals surface area contributed by atoms with Gasteiger partial charge in [0.1, 0.15) is 0 Å². The van der Waals surface area contributed by atoms with Gasteiger partial charge in [0.15, 0.2) is 0 Å². The van der Waals surface area contributed by atoms with Crippen LogP contribution in [0.3, 0.4) is 0 Å². The highest BCUT2D eigenvalue weighted by Crippen LogP contribution is 2.46. The second-order valence-corrected chi connectivity index (χ2v) is 7.94. The molecule has 1 aliphatic rings. The highest BCUT2D eigenvalue weighted by molar-refractivity contribution is 9.11. The largest absolute Gasteiger partial charge is 0.327 e. The summed E-state index contributed by atoms with van der Waals surface area (Å²) in [7, 11) is 0. The Balaban J connectivity index is 1.82. The van der Waals surface area contributed by atoms with Crippen molar-refractivity contribution in [1.29, 1.82) is 0 Å². The predicted molar refractivity (Wildman–Crippen MR) is 85.7 cm³/mol. The van der Waals surface area contributed by atoms with E-state index >= 15 is 0 Å². The minimum atomic E-state index is 0.206. The molecule has 0 amide bonds. The number of halogens is 1. The lowest BCUT2D eigenvalue weighted by molar-refractivity contribution is 0.195. The second kappa shape index (κ2) is 5.39. The van der Waals surface area contributed by atoms with Crippen LogP contribution in [0.25, 0.3) is 0 Å². The van der Waals surface area contributed by atoms with E-state index in [1.165, 1.54) is 33.5 Å². The molecule has 1 nitrogen and oxygen atoms in total. The number of hydrogen-bond donors (Lipinski definition) is 1. The van der Waals surface area contributed by atoms with E-state index in [1.54, 1.807) is 11.3 Å². The van der Waals surface area contributed by atoms with Crippen molar-refractivity contribution >= 4 is 27.3 Å². The molecule has 0 aliphatic heterocycles. The van der Waals surface area contributed by atoms with Gasteiger partial charge in [0, 0.05) is 16.3 Å². The SMILES string of the molecule is NC(Cc1ccc(Br)s1)C1(c2ccccc2)CCC1. The van der Waals surface area contributed by atoms with Crippen LogP contribution < -0.4 is 5.73 Å². The van der Waals surface area contributed by atoms with Crippen molar-refractivity contribution in [3.05, 3.63) is 56.7 Å². The summed E-state index contributed by atoms with van der Waals surface area (Å²) in [6.07, 6.45) is 4.73. The minimum Gasteiger partial charge on any atom is -0.327 e. The van der Waals surface area contributed by atoms with Crippen molar-refractivity contribution in [1.82, 2.24) is 0 Å². The molecule has 0 saturated heterocycles. The summed E-state index contributed by atoms with van der Waals surface area (Å²) in [4.78, 5) is 1.38. The summed E-state index contributed by atoms with van der Waals surface area (Å²) in [5.41, 5.74) is 8.21. The first-order valence-electron chi connectivity index (χ1n) is 6.76. The van der Waals surface area contributed by atoms with E-state index in [1.807, 2.05) is 0 Å². The van der Waals surface area contributed by atoms with Gasteiger partial charge in [-0.25, -0.2) is 0 Å². The van der Waals surface area contributed by atoms with E-state index in [0.717, 1.165) is 6.42 Å². The summed E-state index contributed by atoms with van der Waals surface area (Å²) < 4.78 is 1.19.